The third kappa shape index (κ3) is 2.98. The topological polar surface area (TPSA) is 90.4 Å². The van der Waals surface area contributed by atoms with E-state index in [9.17, 15) is 4.79 Å². The standard InChI is InChI=1S/C15H13N3O4/c1-20-14(19)11-6-4-10(5-7-11)9-16-15-18-17-13(22-15)12-3-2-8-21-12/h2-8H,9H2,1H3,(H,16,18). The number of carbonyl (C=O) groups is 1. The van der Waals surface area contributed by atoms with Crippen molar-refractivity contribution in [2.24, 2.45) is 0 Å². The van der Waals surface area contributed by atoms with Crippen LogP contribution in [-0.4, -0.2) is 23.3 Å². The third-order valence-electron chi connectivity index (χ3n) is 2.98. The van der Waals surface area contributed by atoms with Gasteiger partial charge in [-0.25, -0.2) is 4.79 Å². The van der Waals surface area contributed by atoms with Gasteiger partial charge in [-0.2, -0.15) is 0 Å². The van der Waals surface area contributed by atoms with E-state index in [-0.39, 0.29) is 5.97 Å². The van der Waals surface area contributed by atoms with Crippen LogP contribution in [-0.2, 0) is 11.3 Å². The Hall–Kier alpha value is -3.09. The van der Waals surface area contributed by atoms with Gasteiger partial charge >= 0.3 is 12.0 Å². The van der Waals surface area contributed by atoms with Crippen LogP contribution in [0.4, 0.5) is 6.01 Å². The molecule has 0 atom stereocenters. The lowest BCUT2D eigenvalue weighted by atomic mass is 10.1. The molecule has 1 aromatic carbocycles. The van der Waals surface area contributed by atoms with E-state index >= 15 is 0 Å². The Morgan fingerprint density at radius 3 is 2.73 bits per heavy atom. The number of esters is 1. The first-order valence-corrected chi connectivity index (χ1v) is 6.55. The van der Waals surface area contributed by atoms with Gasteiger partial charge in [0.25, 0.3) is 5.89 Å². The van der Waals surface area contributed by atoms with Crippen molar-refractivity contribution in [3.8, 4) is 11.7 Å². The minimum Gasteiger partial charge on any atom is -0.465 e. The average Bonchev–Trinajstić information content (AvgIpc) is 3.23. The van der Waals surface area contributed by atoms with E-state index < -0.39 is 0 Å². The van der Waals surface area contributed by atoms with E-state index in [0.29, 0.717) is 29.8 Å². The highest BCUT2D eigenvalue weighted by Crippen LogP contribution is 2.20. The normalized spacial score (nSPS) is 10.4. The number of carbonyl (C=O) groups excluding carboxylic acids is 1. The van der Waals surface area contributed by atoms with Crippen LogP contribution in [0.3, 0.4) is 0 Å². The van der Waals surface area contributed by atoms with Gasteiger partial charge in [0, 0.05) is 6.54 Å². The molecule has 0 aliphatic carbocycles. The highest BCUT2D eigenvalue weighted by molar-refractivity contribution is 5.89. The number of aromatic nitrogens is 2. The predicted octanol–water partition coefficient (Wildman–Crippen LogP) is 2.73. The van der Waals surface area contributed by atoms with Crippen LogP contribution in [0.25, 0.3) is 11.7 Å². The number of furan rings is 1. The largest absolute Gasteiger partial charge is 0.465 e. The SMILES string of the molecule is COC(=O)c1ccc(CNc2nnc(-c3ccco3)o2)cc1. The summed E-state index contributed by atoms with van der Waals surface area (Å²) < 4.78 is 15.2. The second-order valence-electron chi connectivity index (χ2n) is 4.43. The first-order chi connectivity index (χ1) is 10.8. The molecule has 0 fully saturated rings. The zero-order chi connectivity index (χ0) is 15.4. The molecule has 22 heavy (non-hydrogen) atoms. The fourth-order valence-electron chi connectivity index (χ4n) is 1.85. The molecule has 2 aromatic heterocycles. The van der Waals surface area contributed by atoms with E-state index in [1.165, 1.54) is 13.4 Å². The number of rotatable bonds is 5. The molecule has 0 bridgehead atoms. The number of anilines is 1. The van der Waals surface area contributed by atoms with Crippen LogP contribution in [0.15, 0.2) is 51.5 Å². The Balaban J connectivity index is 1.62. The summed E-state index contributed by atoms with van der Waals surface area (Å²) in [7, 11) is 1.35. The Kier molecular flexibility index (Phi) is 3.86. The van der Waals surface area contributed by atoms with Gasteiger partial charge in [0.15, 0.2) is 5.76 Å². The van der Waals surface area contributed by atoms with Crippen molar-refractivity contribution in [1.29, 1.82) is 0 Å². The fraction of sp³-hybridized carbons (Fsp3) is 0.133. The molecular formula is C15H13N3O4. The first-order valence-electron chi connectivity index (χ1n) is 6.55. The molecule has 0 radical (unpaired) electrons. The van der Waals surface area contributed by atoms with E-state index in [0.717, 1.165) is 5.56 Å². The minimum absolute atomic E-state index is 0.295. The van der Waals surface area contributed by atoms with Gasteiger partial charge in [-0.3, -0.25) is 0 Å². The molecule has 0 amide bonds. The third-order valence-corrected chi connectivity index (χ3v) is 2.98. The number of ether oxygens (including phenoxy) is 1. The van der Waals surface area contributed by atoms with Crippen molar-refractivity contribution >= 4 is 12.0 Å². The number of nitrogens with one attached hydrogen (secondary N) is 1. The average molecular weight is 299 g/mol. The van der Waals surface area contributed by atoms with Crippen LogP contribution >= 0.6 is 0 Å². The molecule has 1 N–H and O–H groups in total. The summed E-state index contributed by atoms with van der Waals surface area (Å²) in [5.41, 5.74) is 1.47. The molecule has 0 saturated heterocycles. The Labute approximate surface area is 125 Å². The van der Waals surface area contributed by atoms with Gasteiger partial charge in [-0.1, -0.05) is 17.2 Å². The molecule has 2 heterocycles. The van der Waals surface area contributed by atoms with Gasteiger partial charge < -0.3 is 18.9 Å². The maximum Gasteiger partial charge on any atom is 0.337 e. The quantitative estimate of drug-likeness (QED) is 0.724. The van der Waals surface area contributed by atoms with Gasteiger partial charge in [-0.15, -0.1) is 5.10 Å². The molecule has 7 nitrogen and oxygen atoms in total. The van der Waals surface area contributed by atoms with Crippen molar-refractivity contribution in [3.05, 3.63) is 53.8 Å². The van der Waals surface area contributed by atoms with Crippen molar-refractivity contribution in [3.63, 3.8) is 0 Å². The number of benzene rings is 1. The highest BCUT2D eigenvalue weighted by atomic mass is 16.5. The van der Waals surface area contributed by atoms with Gasteiger partial charge in [-0.05, 0) is 29.8 Å². The van der Waals surface area contributed by atoms with Crippen molar-refractivity contribution in [2.45, 2.75) is 6.54 Å². The van der Waals surface area contributed by atoms with E-state index in [1.807, 2.05) is 12.1 Å². The fourth-order valence-corrected chi connectivity index (χ4v) is 1.85. The smallest absolute Gasteiger partial charge is 0.337 e. The molecule has 7 heteroatoms. The summed E-state index contributed by atoms with van der Waals surface area (Å²) >= 11 is 0. The van der Waals surface area contributed by atoms with E-state index in [2.05, 4.69) is 20.3 Å². The number of hydrogen-bond donors (Lipinski definition) is 1. The summed E-state index contributed by atoms with van der Waals surface area (Å²) in [4.78, 5) is 11.3. The predicted molar refractivity (Wildman–Crippen MR) is 77.1 cm³/mol. The highest BCUT2D eigenvalue weighted by Gasteiger charge is 2.10. The van der Waals surface area contributed by atoms with Crippen LogP contribution in [0.2, 0.25) is 0 Å². The molecule has 3 rings (SSSR count). The number of methoxy groups -OCH3 is 1. The van der Waals surface area contributed by atoms with Gasteiger partial charge in [0.1, 0.15) is 0 Å². The lowest BCUT2D eigenvalue weighted by Crippen LogP contribution is -2.03. The second kappa shape index (κ2) is 6.13. The molecule has 0 saturated carbocycles. The zero-order valence-electron chi connectivity index (χ0n) is 11.8. The number of hydrogen-bond acceptors (Lipinski definition) is 7. The maximum absolute atomic E-state index is 11.3. The van der Waals surface area contributed by atoms with E-state index in [4.69, 9.17) is 8.83 Å². The van der Waals surface area contributed by atoms with Crippen LogP contribution in [0, 0.1) is 0 Å². The molecule has 112 valence electrons. The Morgan fingerprint density at radius 2 is 2.05 bits per heavy atom. The van der Waals surface area contributed by atoms with Crippen molar-refractivity contribution < 1.29 is 18.4 Å². The summed E-state index contributed by atoms with van der Waals surface area (Å²) in [6.07, 6.45) is 1.54. The summed E-state index contributed by atoms with van der Waals surface area (Å²) in [5, 5.41) is 10.8. The lowest BCUT2D eigenvalue weighted by Gasteiger charge is -2.03. The van der Waals surface area contributed by atoms with Crippen molar-refractivity contribution in [2.75, 3.05) is 12.4 Å². The molecule has 0 aliphatic heterocycles. The molecule has 0 aliphatic rings. The monoisotopic (exact) mass is 299 g/mol. The lowest BCUT2D eigenvalue weighted by molar-refractivity contribution is 0.0600. The molecule has 0 unspecified atom stereocenters. The molecule has 3 aromatic rings. The Morgan fingerprint density at radius 1 is 1.23 bits per heavy atom. The molecular weight excluding hydrogens is 286 g/mol. The zero-order valence-corrected chi connectivity index (χ0v) is 11.8. The van der Waals surface area contributed by atoms with Crippen LogP contribution < -0.4 is 5.32 Å². The van der Waals surface area contributed by atoms with Gasteiger partial charge in [0.2, 0.25) is 0 Å². The van der Waals surface area contributed by atoms with E-state index in [1.54, 1.807) is 24.3 Å². The van der Waals surface area contributed by atoms with Crippen LogP contribution in [0.1, 0.15) is 15.9 Å². The minimum atomic E-state index is -0.362. The Bertz CT molecular complexity index is 747. The van der Waals surface area contributed by atoms with Crippen LogP contribution in [0.5, 0.6) is 0 Å². The van der Waals surface area contributed by atoms with Crippen molar-refractivity contribution in [1.82, 2.24) is 10.2 Å². The first kappa shape index (κ1) is 13.9. The summed E-state index contributed by atoms with van der Waals surface area (Å²) in [5.74, 6) is 0.469. The second-order valence-corrected chi connectivity index (χ2v) is 4.43. The summed E-state index contributed by atoms with van der Waals surface area (Å²) in [6.45, 7) is 0.487. The number of nitrogens with zero attached hydrogens (tertiary/aromatic N) is 2. The molecule has 0 spiro atoms. The summed E-state index contributed by atoms with van der Waals surface area (Å²) in [6, 6.07) is 10.8. The van der Waals surface area contributed by atoms with Gasteiger partial charge in [0.05, 0.1) is 18.9 Å². The maximum atomic E-state index is 11.3.